The van der Waals surface area contributed by atoms with Crippen molar-refractivity contribution in [2.75, 3.05) is 7.11 Å². The van der Waals surface area contributed by atoms with E-state index in [1.807, 2.05) is 42.5 Å². The summed E-state index contributed by atoms with van der Waals surface area (Å²) in [5, 5.41) is 0. The first-order valence-corrected chi connectivity index (χ1v) is 8.32. The van der Waals surface area contributed by atoms with Crippen molar-refractivity contribution in [3.63, 3.8) is 0 Å². The molecule has 0 amide bonds. The van der Waals surface area contributed by atoms with E-state index >= 15 is 0 Å². The van der Waals surface area contributed by atoms with Crippen molar-refractivity contribution >= 4 is 5.97 Å². The van der Waals surface area contributed by atoms with Gasteiger partial charge in [-0.1, -0.05) is 30.3 Å². The molecule has 4 heteroatoms. The second-order valence-electron chi connectivity index (χ2n) is 6.39. The summed E-state index contributed by atoms with van der Waals surface area (Å²) in [6.45, 7) is 0. The van der Waals surface area contributed by atoms with E-state index in [9.17, 15) is 4.79 Å². The third kappa shape index (κ3) is 2.21. The van der Waals surface area contributed by atoms with E-state index in [0.29, 0.717) is 12.2 Å². The molecule has 124 valence electrons. The Morgan fingerprint density at radius 3 is 2.38 bits per heavy atom. The molecule has 4 rings (SSSR count). The SMILES string of the molecule is COc1ccc(C23CCCCC2(C(=O)Oc2ccccc2)O3)cc1. The molecule has 0 aromatic heterocycles. The van der Waals surface area contributed by atoms with Crippen LogP contribution in [-0.2, 0) is 15.1 Å². The molecule has 24 heavy (non-hydrogen) atoms. The number of carbonyl (C=O) groups excluding carboxylic acids is 1. The number of methoxy groups -OCH3 is 1. The Hall–Kier alpha value is -2.33. The van der Waals surface area contributed by atoms with Crippen LogP contribution in [0.2, 0.25) is 0 Å². The molecule has 2 atom stereocenters. The van der Waals surface area contributed by atoms with Gasteiger partial charge < -0.3 is 14.2 Å². The number of hydrogen-bond acceptors (Lipinski definition) is 4. The van der Waals surface area contributed by atoms with Crippen LogP contribution in [0.3, 0.4) is 0 Å². The van der Waals surface area contributed by atoms with Gasteiger partial charge in [-0.2, -0.15) is 0 Å². The summed E-state index contributed by atoms with van der Waals surface area (Å²) in [7, 11) is 1.64. The molecule has 1 aliphatic carbocycles. The molecular weight excluding hydrogens is 304 g/mol. The van der Waals surface area contributed by atoms with E-state index < -0.39 is 11.2 Å². The number of fused-ring (bicyclic) bond motifs is 1. The zero-order valence-electron chi connectivity index (χ0n) is 13.7. The van der Waals surface area contributed by atoms with Gasteiger partial charge in [0.25, 0.3) is 0 Å². The molecular formula is C20H20O4. The van der Waals surface area contributed by atoms with Crippen molar-refractivity contribution in [1.82, 2.24) is 0 Å². The van der Waals surface area contributed by atoms with Gasteiger partial charge in [-0.25, -0.2) is 4.79 Å². The van der Waals surface area contributed by atoms with Crippen molar-refractivity contribution in [2.45, 2.75) is 36.9 Å². The van der Waals surface area contributed by atoms with E-state index in [1.54, 1.807) is 19.2 Å². The van der Waals surface area contributed by atoms with Crippen LogP contribution in [0.15, 0.2) is 54.6 Å². The minimum absolute atomic E-state index is 0.288. The van der Waals surface area contributed by atoms with Gasteiger partial charge in [-0.15, -0.1) is 0 Å². The molecule has 2 aliphatic rings. The molecule has 0 N–H and O–H groups in total. The number of epoxide rings is 1. The van der Waals surface area contributed by atoms with Crippen LogP contribution in [0.5, 0.6) is 11.5 Å². The van der Waals surface area contributed by atoms with Crippen LogP contribution in [-0.4, -0.2) is 18.7 Å². The Morgan fingerprint density at radius 1 is 0.958 bits per heavy atom. The summed E-state index contributed by atoms with van der Waals surface area (Å²) in [4.78, 5) is 12.9. The largest absolute Gasteiger partial charge is 0.497 e. The molecule has 2 unspecified atom stereocenters. The van der Waals surface area contributed by atoms with Crippen LogP contribution in [0, 0.1) is 0 Å². The van der Waals surface area contributed by atoms with Gasteiger partial charge in [0.2, 0.25) is 0 Å². The summed E-state index contributed by atoms with van der Waals surface area (Å²) in [5.41, 5.74) is -0.382. The molecule has 0 spiro atoms. The fraction of sp³-hybridized carbons (Fsp3) is 0.350. The van der Waals surface area contributed by atoms with Gasteiger partial charge in [0, 0.05) is 0 Å². The van der Waals surface area contributed by atoms with E-state index in [2.05, 4.69) is 0 Å². The molecule has 2 aromatic carbocycles. The van der Waals surface area contributed by atoms with Crippen LogP contribution >= 0.6 is 0 Å². The van der Waals surface area contributed by atoms with Crippen molar-refractivity contribution in [3.05, 3.63) is 60.2 Å². The summed E-state index contributed by atoms with van der Waals surface area (Å²) in [6, 6.07) is 17.0. The summed E-state index contributed by atoms with van der Waals surface area (Å²) in [6.07, 6.45) is 3.56. The average Bonchev–Trinajstić information content (AvgIpc) is 3.35. The van der Waals surface area contributed by atoms with Crippen molar-refractivity contribution in [2.24, 2.45) is 0 Å². The molecule has 2 fully saturated rings. The standard InChI is InChI=1S/C20H20O4/c1-22-16-11-9-15(10-12-16)19-13-5-6-14-20(19,24-19)18(21)23-17-7-3-2-4-8-17/h2-4,7-12H,5-6,13-14H2,1H3. The van der Waals surface area contributed by atoms with Gasteiger partial charge in [0.1, 0.15) is 17.1 Å². The number of esters is 1. The van der Waals surface area contributed by atoms with E-state index in [0.717, 1.165) is 30.6 Å². The molecule has 1 heterocycles. The zero-order valence-corrected chi connectivity index (χ0v) is 13.7. The van der Waals surface area contributed by atoms with Gasteiger partial charge in [-0.05, 0) is 55.5 Å². The maximum Gasteiger partial charge on any atom is 0.347 e. The molecule has 0 radical (unpaired) electrons. The average molecular weight is 324 g/mol. The third-order valence-electron chi connectivity index (χ3n) is 5.11. The number of carbonyl (C=O) groups is 1. The van der Waals surface area contributed by atoms with Crippen LogP contribution in [0.25, 0.3) is 0 Å². The quantitative estimate of drug-likeness (QED) is 0.487. The summed E-state index contributed by atoms with van der Waals surface area (Å²) < 4.78 is 17.0. The first-order chi connectivity index (χ1) is 11.7. The predicted octanol–water partition coefficient (Wildman–Crippen LogP) is 3.84. The fourth-order valence-corrected chi connectivity index (χ4v) is 3.81. The highest BCUT2D eigenvalue weighted by atomic mass is 16.7. The highest BCUT2D eigenvalue weighted by Gasteiger charge is 2.76. The molecule has 4 nitrogen and oxygen atoms in total. The Morgan fingerprint density at radius 2 is 1.67 bits per heavy atom. The Bertz CT molecular complexity index is 740. The second kappa shape index (κ2) is 5.64. The van der Waals surface area contributed by atoms with Gasteiger partial charge in [-0.3, -0.25) is 0 Å². The lowest BCUT2D eigenvalue weighted by molar-refractivity contribution is -0.141. The molecule has 0 bridgehead atoms. The number of benzene rings is 2. The molecule has 1 aliphatic heterocycles. The normalized spacial score (nSPS) is 27.9. The zero-order chi connectivity index (χ0) is 16.6. The lowest BCUT2D eigenvalue weighted by Gasteiger charge is -2.24. The van der Waals surface area contributed by atoms with E-state index in [-0.39, 0.29) is 5.97 Å². The first-order valence-electron chi connectivity index (χ1n) is 8.32. The van der Waals surface area contributed by atoms with Crippen LogP contribution < -0.4 is 9.47 Å². The van der Waals surface area contributed by atoms with Crippen molar-refractivity contribution < 1.29 is 19.0 Å². The molecule has 2 aromatic rings. The van der Waals surface area contributed by atoms with Gasteiger partial charge in [0.05, 0.1) is 7.11 Å². The second-order valence-corrected chi connectivity index (χ2v) is 6.39. The molecule has 1 saturated heterocycles. The Kier molecular flexibility index (Phi) is 3.57. The predicted molar refractivity (Wildman–Crippen MR) is 89.0 cm³/mol. The van der Waals surface area contributed by atoms with Crippen molar-refractivity contribution in [1.29, 1.82) is 0 Å². The Labute approximate surface area is 141 Å². The van der Waals surface area contributed by atoms with Crippen LogP contribution in [0.4, 0.5) is 0 Å². The maximum atomic E-state index is 12.9. The number of hydrogen-bond donors (Lipinski definition) is 0. The number of ether oxygens (including phenoxy) is 3. The fourth-order valence-electron chi connectivity index (χ4n) is 3.81. The van der Waals surface area contributed by atoms with Gasteiger partial charge in [0.15, 0.2) is 5.60 Å². The smallest absolute Gasteiger partial charge is 0.347 e. The third-order valence-corrected chi connectivity index (χ3v) is 5.11. The van der Waals surface area contributed by atoms with E-state index in [1.165, 1.54) is 0 Å². The topological polar surface area (TPSA) is 48.1 Å². The minimum atomic E-state index is -0.852. The summed E-state index contributed by atoms with van der Waals surface area (Å²) >= 11 is 0. The van der Waals surface area contributed by atoms with E-state index in [4.69, 9.17) is 14.2 Å². The number of para-hydroxylation sites is 1. The van der Waals surface area contributed by atoms with Crippen LogP contribution in [0.1, 0.15) is 31.2 Å². The monoisotopic (exact) mass is 324 g/mol. The first kappa shape index (κ1) is 15.2. The highest BCUT2D eigenvalue weighted by molar-refractivity contribution is 5.87. The Balaban J connectivity index is 1.62. The minimum Gasteiger partial charge on any atom is -0.497 e. The lowest BCUT2D eigenvalue weighted by atomic mass is 9.75. The number of rotatable bonds is 4. The maximum absolute atomic E-state index is 12.9. The molecule has 1 saturated carbocycles. The van der Waals surface area contributed by atoms with Crippen molar-refractivity contribution in [3.8, 4) is 11.5 Å². The van der Waals surface area contributed by atoms with Gasteiger partial charge >= 0.3 is 5.97 Å². The summed E-state index contributed by atoms with van der Waals surface area (Å²) in [5.74, 6) is 1.06. The lowest BCUT2D eigenvalue weighted by Crippen LogP contribution is -2.38. The highest BCUT2D eigenvalue weighted by Crippen LogP contribution is 2.64.